The molecule has 2 heterocycles. The van der Waals surface area contributed by atoms with Crippen molar-refractivity contribution in [3.63, 3.8) is 0 Å². The number of ether oxygens (including phenoxy) is 1. The first kappa shape index (κ1) is 20.4. The summed E-state index contributed by atoms with van der Waals surface area (Å²) in [6.45, 7) is 7.21. The van der Waals surface area contributed by atoms with Crippen LogP contribution in [-0.4, -0.2) is 43.2 Å². The van der Waals surface area contributed by atoms with Crippen molar-refractivity contribution in [2.24, 2.45) is 16.5 Å². The zero-order chi connectivity index (χ0) is 21.0. The van der Waals surface area contributed by atoms with Gasteiger partial charge < -0.3 is 26.0 Å². The van der Waals surface area contributed by atoms with Crippen molar-refractivity contribution in [3.05, 3.63) is 53.3 Å². The monoisotopic (exact) mass is 400 g/mol. The van der Waals surface area contributed by atoms with Crippen LogP contribution in [-0.2, 0) is 4.74 Å². The Morgan fingerprint density at radius 1 is 1.14 bits per heavy atom. The van der Waals surface area contributed by atoms with Crippen LogP contribution in [0.3, 0.4) is 0 Å². The van der Waals surface area contributed by atoms with Gasteiger partial charge in [0, 0.05) is 43.1 Å². The third-order valence-electron chi connectivity index (χ3n) is 4.74. The van der Waals surface area contributed by atoms with Gasteiger partial charge in [0.25, 0.3) is 6.36 Å². The summed E-state index contributed by atoms with van der Waals surface area (Å²) in [4.78, 5) is 23.6. The van der Waals surface area contributed by atoms with Crippen LogP contribution in [0.1, 0.15) is 23.3 Å². The van der Waals surface area contributed by atoms with Crippen molar-refractivity contribution in [1.82, 2.24) is 4.98 Å². The highest BCUT2D eigenvalue weighted by Crippen LogP contribution is 2.27. The minimum atomic E-state index is -1.95. The van der Waals surface area contributed by atoms with E-state index in [0.717, 1.165) is 48.9 Å². The molecule has 1 atom stereocenters. The third kappa shape index (κ3) is 5.13. The number of aliphatic imine (C=N–C) groups is 1. The predicted molar refractivity (Wildman–Crippen MR) is 111 cm³/mol. The largest absolute Gasteiger partial charge is 0.439 e. The smallest absolute Gasteiger partial charge is 0.409 e. The number of carbonyl (C=O) groups excluding carboxylic acids is 1. The van der Waals surface area contributed by atoms with Crippen LogP contribution in [0.4, 0.5) is 20.6 Å². The summed E-state index contributed by atoms with van der Waals surface area (Å²) < 4.78 is 18.9. The fourth-order valence-corrected chi connectivity index (χ4v) is 3.37. The first-order valence-electron chi connectivity index (χ1n) is 9.32. The molecule has 1 unspecified atom stereocenters. The standard InChI is InChI=1S/C20H25FN6O2/c1-13-6-7-17(14(2)24-13)27-10-8-26(9-11-27)16-5-3-4-15(12-16)18(21)29-20(28)25-19(22)23/h3-7,12,18H,8-11H2,1-2H3,(H4,22,23,25,28). The molecule has 1 aliphatic rings. The van der Waals surface area contributed by atoms with Gasteiger partial charge in [0.15, 0.2) is 5.96 Å². The first-order chi connectivity index (χ1) is 13.8. The molecule has 9 heteroatoms. The molecule has 1 aliphatic heterocycles. The van der Waals surface area contributed by atoms with Crippen LogP contribution in [0.15, 0.2) is 41.4 Å². The molecule has 8 nitrogen and oxygen atoms in total. The number of alkyl halides is 1. The number of anilines is 2. The van der Waals surface area contributed by atoms with Gasteiger partial charge in [0.1, 0.15) is 0 Å². The van der Waals surface area contributed by atoms with E-state index in [-0.39, 0.29) is 5.56 Å². The van der Waals surface area contributed by atoms with Crippen LogP contribution in [0, 0.1) is 13.8 Å². The first-order valence-corrected chi connectivity index (χ1v) is 9.32. The number of amides is 1. The molecule has 0 spiro atoms. The summed E-state index contributed by atoms with van der Waals surface area (Å²) in [5, 5.41) is 0. The lowest BCUT2D eigenvalue weighted by Crippen LogP contribution is -2.46. The fraction of sp³-hybridized carbons (Fsp3) is 0.350. The molecule has 3 rings (SSSR count). The molecule has 1 aromatic carbocycles. The SMILES string of the molecule is Cc1ccc(N2CCN(c3cccc(C(F)OC(=O)N=C(N)N)c3)CC2)c(C)n1. The van der Waals surface area contributed by atoms with Gasteiger partial charge in [-0.3, -0.25) is 4.98 Å². The van der Waals surface area contributed by atoms with Crippen LogP contribution >= 0.6 is 0 Å². The molecule has 1 aromatic heterocycles. The minimum Gasteiger partial charge on any atom is -0.409 e. The molecule has 154 valence electrons. The summed E-state index contributed by atoms with van der Waals surface area (Å²) in [7, 11) is 0. The predicted octanol–water partition coefficient (Wildman–Crippen LogP) is 2.40. The summed E-state index contributed by atoms with van der Waals surface area (Å²) in [6, 6.07) is 11.0. The molecule has 1 saturated heterocycles. The summed E-state index contributed by atoms with van der Waals surface area (Å²) in [5.74, 6) is -0.479. The Hall–Kier alpha value is -3.36. The van der Waals surface area contributed by atoms with E-state index in [0.29, 0.717) is 0 Å². The van der Waals surface area contributed by atoms with E-state index >= 15 is 0 Å². The van der Waals surface area contributed by atoms with Crippen molar-refractivity contribution in [2.75, 3.05) is 36.0 Å². The molecule has 0 bridgehead atoms. The summed E-state index contributed by atoms with van der Waals surface area (Å²) in [6.07, 6.45) is -3.12. The maximum Gasteiger partial charge on any atom is 0.439 e. The number of nitrogens with zero attached hydrogens (tertiary/aromatic N) is 4. The van der Waals surface area contributed by atoms with E-state index in [1.54, 1.807) is 18.2 Å². The number of rotatable bonds is 4. The number of aryl methyl sites for hydroxylation is 2. The number of benzene rings is 1. The molecule has 1 amide bonds. The molecule has 1 fully saturated rings. The van der Waals surface area contributed by atoms with Gasteiger partial charge >= 0.3 is 6.09 Å². The molecule has 0 saturated carbocycles. The van der Waals surface area contributed by atoms with E-state index in [4.69, 9.17) is 11.5 Å². The molecule has 4 N–H and O–H groups in total. The van der Waals surface area contributed by atoms with Gasteiger partial charge in [-0.25, -0.2) is 4.79 Å². The Morgan fingerprint density at radius 3 is 2.48 bits per heavy atom. The molecule has 29 heavy (non-hydrogen) atoms. The average Bonchev–Trinajstić information content (AvgIpc) is 2.67. The highest BCUT2D eigenvalue weighted by molar-refractivity contribution is 5.87. The van der Waals surface area contributed by atoms with Crippen LogP contribution in [0.25, 0.3) is 0 Å². The number of nitrogens with two attached hydrogens (primary N) is 2. The lowest BCUT2D eigenvalue weighted by Gasteiger charge is -2.38. The van der Waals surface area contributed by atoms with E-state index < -0.39 is 18.4 Å². The van der Waals surface area contributed by atoms with E-state index in [9.17, 15) is 9.18 Å². The van der Waals surface area contributed by atoms with Crippen molar-refractivity contribution in [3.8, 4) is 0 Å². The second-order valence-electron chi connectivity index (χ2n) is 6.86. The van der Waals surface area contributed by atoms with Crippen molar-refractivity contribution < 1.29 is 13.9 Å². The van der Waals surface area contributed by atoms with Gasteiger partial charge in [0.05, 0.1) is 11.4 Å². The number of halogens is 1. The zero-order valence-corrected chi connectivity index (χ0v) is 16.5. The van der Waals surface area contributed by atoms with Gasteiger partial charge in [-0.05, 0) is 38.1 Å². The van der Waals surface area contributed by atoms with Crippen LogP contribution in [0.2, 0.25) is 0 Å². The molecule has 2 aromatic rings. The van der Waals surface area contributed by atoms with Crippen molar-refractivity contribution >= 4 is 23.4 Å². The minimum absolute atomic E-state index is 0.225. The number of piperazine rings is 1. The Kier molecular flexibility index (Phi) is 6.16. The maximum absolute atomic E-state index is 14.3. The summed E-state index contributed by atoms with van der Waals surface area (Å²) >= 11 is 0. The van der Waals surface area contributed by atoms with Gasteiger partial charge in [-0.2, -0.15) is 4.39 Å². The van der Waals surface area contributed by atoms with Gasteiger partial charge in [-0.15, -0.1) is 4.99 Å². The van der Waals surface area contributed by atoms with Crippen LogP contribution < -0.4 is 21.3 Å². The molecule has 0 aliphatic carbocycles. The third-order valence-corrected chi connectivity index (χ3v) is 4.74. The normalized spacial score (nSPS) is 15.0. The number of hydrogen-bond acceptors (Lipinski definition) is 5. The Morgan fingerprint density at radius 2 is 1.83 bits per heavy atom. The van der Waals surface area contributed by atoms with Gasteiger partial charge in [-0.1, -0.05) is 12.1 Å². The molecular formula is C20H25FN6O2. The molecule has 0 radical (unpaired) electrons. The quantitative estimate of drug-likeness (QED) is 0.599. The number of carbonyl (C=O) groups is 1. The number of pyridine rings is 1. The maximum atomic E-state index is 14.3. The van der Waals surface area contributed by atoms with Crippen molar-refractivity contribution in [1.29, 1.82) is 0 Å². The second-order valence-corrected chi connectivity index (χ2v) is 6.86. The Bertz CT molecular complexity index is 908. The number of aromatic nitrogens is 1. The Balaban J connectivity index is 1.64. The Labute approximate surface area is 169 Å². The zero-order valence-electron chi connectivity index (χ0n) is 16.5. The second kappa shape index (κ2) is 8.76. The van der Waals surface area contributed by atoms with E-state index in [1.807, 2.05) is 26.0 Å². The molecular weight excluding hydrogens is 375 g/mol. The van der Waals surface area contributed by atoms with Crippen LogP contribution in [0.5, 0.6) is 0 Å². The van der Waals surface area contributed by atoms with E-state index in [1.165, 1.54) is 0 Å². The summed E-state index contributed by atoms with van der Waals surface area (Å²) in [5.41, 5.74) is 14.4. The lowest BCUT2D eigenvalue weighted by atomic mass is 10.1. The fourth-order valence-electron chi connectivity index (χ4n) is 3.37. The highest BCUT2D eigenvalue weighted by atomic mass is 19.1. The van der Waals surface area contributed by atoms with Gasteiger partial charge in [0.2, 0.25) is 0 Å². The highest BCUT2D eigenvalue weighted by Gasteiger charge is 2.21. The topological polar surface area (TPSA) is 110 Å². The van der Waals surface area contributed by atoms with Crippen molar-refractivity contribution in [2.45, 2.75) is 20.2 Å². The average molecular weight is 400 g/mol. The van der Waals surface area contributed by atoms with E-state index in [2.05, 4.69) is 30.6 Å². The number of guanidine groups is 1. The lowest BCUT2D eigenvalue weighted by molar-refractivity contribution is 0.0184. The number of hydrogen-bond donors (Lipinski definition) is 2.